The lowest BCUT2D eigenvalue weighted by atomic mass is 10.0. The number of benzene rings is 2. The highest BCUT2D eigenvalue weighted by atomic mass is 32.2. The van der Waals surface area contributed by atoms with Crippen molar-refractivity contribution in [3.8, 4) is 16.2 Å². The summed E-state index contributed by atoms with van der Waals surface area (Å²) in [5.41, 5.74) is 6.15. The zero-order valence-electron chi connectivity index (χ0n) is 15.6. The second kappa shape index (κ2) is 7.41. The largest absolute Gasteiger partial charge is 0.497 e. The molecule has 1 aliphatic rings. The van der Waals surface area contributed by atoms with Crippen LogP contribution in [0.5, 0.6) is 5.75 Å². The number of nitrogens with one attached hydrogen (secondary N) is 1. The summed E-state index contributed by atoms with van der Waals surface area (Å²) in [7, 11) is 1.65. The highest BCUT2D eigenvalue weighted by Crippen LogP contribution is 2.46. The van der Waals surface area contributed by atoms with Crippen LogP contribution in [0.3, 0.4) is 0 Å². The van der Waals surface area contributed by atoms with Gasteiger partial charge >= 0.3 is 0 Å². The number of rotatable bonds is 4. The Morgan fingerprint density at radius 2 is 1.96 bits per heavy atom. The minimum absolute atomic E-state index is 0.0207. The molecule has 0 atom stereocenters. The van der Waals surface area contributed by atoms with Crippen molar-refractivity contribution in [3.63, 3.8) is 0 Å². The topological polar surface area (TPSA) is 38.3 Å². The first kappa shape index (κ1) is 18.1. The predicted molar refractivity (Wildman–Crippen MR) is 113 cm³/mol. The van der Waals surface area contributed by atoms with Gasteiger partial charge in [0.15, 0.2) is 0 Å². The number of amides is 1. The third-order valence-corrected chi connectivity index (χ3v) is 7.16. The molecule has 0 unspecified atom stereocenters. The maximum atomic E-state index is 12.7. The van der Waals surface area contributed by atoms with Crippen molar-refractivity contribution in [1.29, 1.82) is 0 Å². The van der Waals surface area contributed by atoms with Crippen LogP contribution in [0.4, 0.5) is 0 Å². The number of thiophene rings is 1. The summed E-state index contributed by atoms with van der Waals surface area (Å²) in [4.78, 5) is 16.0. The third-order valence-electron chi connectivity index (χ3n) is 4.84. The van der Waals surface area contributed by atoms with Gasteiger partial charge in [-0.2, -0.15) is 0 Å². The fourth-order valence-electron chi connectivity index (χ4n) is 3.17. The Bertz CT molecular complexity index is 1020. The second-order valence-electron chi connectivity index (χ2n) is 6.72. The molecule has 138 valence electrons. The average Bonchev–Trinajstić information content (AvgIpc) is 3.12. The summed E-state index contributed by atoms with van der Waals surface area (Å²) in [5, 5.41) is 3.03. The number of fused-ring (bicyclic) bond motifs is 3. The molecule has 1 amide bonds. The van der Waals surface area contributed by atoms with Crippen molar-refractivity contribution in [2.24, 2.45) is 0 Å². The van der Waals surface area contributed by atoms with Crippen molar-refractivity contribution in [1.82, 2.24) is 5.32 Å². The quantitative estimate of drug-likeness (QED) is 0.627. The molecule has 0 saturated carbocycles. The average molecular weight is 396 g/mol. The lowest BCUT2D eigenvalue weighted by Gasteiger charge is -2.17. The molecule has 1 aliphatic heterocycles. The summed E-state index contributed by atoms with van der Waals surface area (Å²) < 4.78 is 5.24. The van der Waals surface area contributed by atoms with Gasteiger partial charge in [0.25, 0.3) is 5.91 Å². The van der Waals surface area contributed by atoms with Crippen LogP contribution in [-0.4, -0.2) is 13.0 Å². The number of methoxy groups -OCH3 is 1. The first-order valence-electron chi connectivity index (χ1n) is 8.83. The van der Waals surface area contributed by atoms with Crippen LogP contribution < -0.4 is 10.1 Å². The molecule has 0 radical (unpaired) electrons. The first-order valence-corrected chi connectivity index (χ1v) is 10.6. The molecule has 27 heavy (non-hydrogen) atoms. The monoisotopic (exact) mass is 395 g/mol. The van der Waals surface area contributed by atoms with E-state index in [1.54, 1.807) is 18.4 Å². The second-order valence-corrected chi connectivity index (χ2v) is 8.79. The van der Waals surface area contributed by atoms with E-state index >= 15 is 0 Å². The smallest absolute Gasteiger partial charge is 0.261 e. The minimum atomic E-state index is -0.0207. The Morgan fingerprint density at radius 3 is 2.78 bits per heavy atom. The van der Waals surface area contributed by atoms with Gasteiger partial charge in [0.1, 0.15) is 5.75 Å². The lowest BCUT2D eigenvalue weighted by molar-refractivity contribution is 0.0955. The van der Waals surface area contributed by atoms with E-state index in [0.29, 0.717) is 6.54 Å². The zero-order valence-corrected chi connectivity index (χ0v) is 17.2. The van der Waals surface area contributed by atoms with Gasteiger partial charge < -0.3 is 10.1 Å². The van der Waals surface area contributed by atoms with E-state index in [-0.39, 0.29) is 5.91 Å². The van der Waals surface area contributed by atoms with Gasteiger partial charge in [-0.3, -0.25) is 4.79 Å². The molecule has 3 aromatic rings. The SMILES string of the molecule is COc1cccc(CNC(=O)c2cc3c(s2)-c2cc(C)c(C)cc2SC3)c1. The van der Waals surface area contributed by atoms with Gasteiger partial charge in [-0.15, -0.1) is 23.1 Å². The Labute approximate surface area is 167 Å². The van der Waals surface area contributed by atoms with E-state index in [0.717, 1.165) is 21.9 Å². The highest BCUT2D eigenvalue weighted by Gasteiger charge is 2.22. The molecular weight excluding hydrogens is 374 g/mol. The maximum Gasteiger partial charge on any atom is 0.261 e. The Morgan fingerprint density at radius 1 is 1.15 bits per heavy atom. The molecule has 0 bridgehead atoms. The molecule has 5 heteroatoms. The van der Waals surface area contributed by atoms with Crippen LogP contribution in [0.25, 0.3) is 10.4 Å². The molecule has 0 spiro atoms. The molecule has 1 N–H and O–H groups in total. The van der Waals surface area contributed by atoms with Crippen LogP contribution >= 0.6 is 23.1 Å². The predicted octanol–water partition coefficient (Wildman–Crippen LogP) is 5.58. The summed E-state index contributed by atoms with van der Waals surface area (Å²) in [6, 6.07) is 14.3. The molecule has 1 aromatic heterocycles. The van der Waals surface area contributed by atoms with E-state index in [1.807, 2.05) is 42.1 Å². The third kappa shape index (κ3) is 3.62. The fourth-order valence-corrected chi connectivity index (χ4v) is 5.57. The Hall–Kier alpha value is -2.24. The number of carbonyl (C=O) groups excluding carboxylic acids is 1. The van der Waals surface area contributed by atoms with Gasteiger partial charge in [-0.1, -0.05) is 12.1 Å². The summed E-state index contributed by atoms with van der Waals surface area (Å²) in [6.07, 6.45) is 0. The van der Waals surface area contributed by atoms with E-state index in [2.05, 4.69) is 31.3 Å². The van der Waals surface area contributed by atoms with Crippen molar-refractivity contribution in [2.45, 2.75) is 31.0 Å². The highest BCUT2D eigenvalue weighted by molar-refractivity contribution is 7.98. The van der Waals surface area contributed by atoms with Crippen molar-refractivity contribution >= 4 is 29.0 Å². The van der Waals surface area contributed by atoms with E-state index < -0.39 is 0 Å². The number of aryl methyl sites for hydroxylation is 2. The standard InChI is InChI=1S/C22H21NO2S2/c1-13-7-18-19(8-14(13)2)26-12-16-10-20(27-21(16)18)22(24)23-11-15-5-4-6-17(9-15)25-3/h4-10H,11-12H2,1-3H3,(H,23,24). The van der Waals surface area contributed by atoms with Crippen LogP contribution in [0.15, 0.2) is 47.4 Å². The lowest BCUT2D eigenvalue weighted by Crippen LogP contribution is -2.21. The van der Waals surface area contributed by atoms with E-state index in [9.17, 15) is 4.79 Å². The number of thioether (sulfide) groups is 1. The molecule has 0 aliphatic carbocycles. The number of hydrogen-bond acceptors (Lipinski definition) is 4. The molecule has 2 aromatic carbocycles. The van der Waals surface area contributed by atoms with Gasteiger partial charge in [-0.05, 0) is 66.4 Å². The summed E-state index contributed by atoms with van der Waals surface area (Å²) in [6.45, 7) is 4.78. The maximum absolute atomic E-state index is 12.7. The molecule has 0 saturated heterocycles. The summed E-state index contributed by atoms with van der Waals surface area (Å²) in [5.74, 6) is 1.70. The van der Waals surface area contributed by atoms with Crippen molar-refractivity contribution in [2.75, 3.05) is 7.11 Å². The molecule has 4 rings (SSSR count). The Balaban J connectivity index is 1.55. The normalized spacial score (nSPS) is 12.3. The van der Waals surface area contributed by atoms with Crippen LogP contribution in [0, 0.1) is 13.8 Å². The number of hydrogen-bond donors (Lipinski definition) is 1. The van der Waals surface area contributed by atoms with Crippen molar-refractivity contribution in [3.05, 3.63) is 69.6 Å². The van der Waals surface area contributed by atoms with Crippen molar-refractivity contribution < 1.29 is 9.53 Å². The van der Waals surface area contributed by atoms with Crippen LogP contribution in [-0.2, 0) is 12.3 Å². The Kier molecular flexibility index (Phi) is 4.98. The molecule has 0 fully saturated rings. The van der Waals surface area contributed by atoms with Gasteiger partial charge in [0.2, 0.25) is 0 Å². The molecule has 2 heterocycles. The van der Waals surface area contributed by atoms with E-state index in [1.165, 1.54) is 32.0 Å². The molecule has 3 nitrogen and oxygen atoms in total. The number of carbonyl (C=O) groups is 1. The van der Waals surface area contributed by atoms with Crippen LogP contribution in [0.1, 0.15) is 31.9 Å². The van der Waals surface area contributed by atoms with Gasteiger partial charge in [0, 0.05) is 27.6 Å². The van der Waals surface area contributed by atoms with Gasteiger partial charge in [-0.25, -0.2) is 0 Å². The first-order chi connectivity index (χ1) is 13.0. The summed E-state index contributed by atoms with van der Waals surface area (Å²) >= 11 is 3.45. The number of ether oxygens (including phenoxy) is 1. The fraction of sp³-hybridized carbons (Fsp3) is 0.227. The molecular formula is C22H21NO2S2. The van der Waals surface area contributed by atoms with Gasteiger partial charge in [0.05, 0.1) is 12.0 Å². The van der Waals surface area contributed by atoms with Crippen LogP contribution in [0.2, 0.25) is 0 Å². The van der Waals surface area contributed by atoms with E-state index in [4.69, 9.17) is 4.74 Å². The zero-order chi connectivity index (χ0) is 19.0. The minimum Gasteiger partial charge on any atom is -0.497 e.